The Labute approximate surface area is 239 Å². The van der Waals surface area contributed by atoms with Gasteiger partial charge >= 0.3 is 0 Å². The number of allylic oxidation sites excluding steroid dienone is 2. The topological polar surface area (TPSA) is 67.4 Å². The Morgan fingerprint density at radius 3 is 2.28 bits per heavy atom. The molecule has 5 aliphatic rings. The van der Waals surface area contributed by atoms with Gasteiger partial charge in [-0.15, -0.1) is 21.5 Å². The predicted octanol–water partition coefficient (Wildman–Crippen LogP) is 8.46. The van der Waals surface area contributed by atoms with E-state index in [-0.39, 0.29) is 50.6 Å². The van der Waals surface area contributed by atoms with Gasteiger partial charge < -0.3 is 5.11 Å². The van der Waals surface area contributed by atoms with Crippen LogP contribution < -0.4 is 0 Å². The Bertz CT molecular complexity index is 1300. The van der Waals surface area contributed by atoms with Gasteiger partial charge in [-0.3, -0.25) is 4.79 Å². The van der Waals surface area contributed by atoms with Crippen LogP contribution in [-0.2, 0) is 10.2 Å². The van der Waals surface area contributed by atoms with Gasteiger partial charge in [0.1, 0.15) is 21.6 Å². The van der Waals surface area contributed by atoms with E-state index in [0.717, 1.165) is 43.5 Å². The molecule has 5 aliphatic carbocycles. The highest BCUT2D eigenvalue weighted by Gasteiger charge is 2.72. The van der Waals surface area contributed by atoms with Crippen LogP contribution in [0.15, 0.2) is 11.5 Å². The lowest BCUT2D eigenvalue weighted by atomic mass is 9.31. The van der Waals surface area contributed by atoms with E-state index in [1.54, 1.807) is 11.3 Å². The smallest absolute Gasteiger partial charge is 0.203 e. The zero-order valence-corrected chi connectivity index (χ0v) is 26.1. The molecular weight excluding hydrogens is 502 g/mol. The lowest BCUT2D eigenvalue weighted by molar-refractivity contribution is -0.223. The minimum absolute atomic E-state index is 0.0117. The number of aliphatic hydroxyl groups is 1. The molecule has 0 aliphatic heterocycles. The number of hydrogen-bond acceptors (Lipinski definition) is 5. The van der Waals surface area contributed by atoms with Gasteiger partial charge in [0.2, 0.25) is 5.70 Å². The molecule has 1 N–H and O–H groups in total. The molecule has 0 saturated heterocycles. The SMILES string of the molecule is [C-]#[N+]C1=C(O)C(C)(C)[C@@H]2CC[C@]3(C)[C@H](CC(=O)[C@@H]4[C@@H]5CC(C)(C)CC[C@]5(c5nnc(C)s5)CC[C@]43C)[C@@]2(C)C1. The summed E-state index contributed by atoms with van der Waals surface area (Å²) in [7, 11) is 0. The van der Waals surface area contributed by atoms with Crippen LogP contribution in [0.1, 0.15) is 116 Å². The van der Waals surface area contributed by atoms with Gasteiger partial charge in [0.15, 0.2) is 0 Å². The van der Waals surface area contributed by atoms with Crippen LogP contribution in [-0.4, -0.2) is 21.1 Å². The third-order valence-electron chi connectivity index (χ3n) is 13.7. The van der Waals surface area contributed by atoms with E-state index in [1.165, 1.54) is 11.4 Å². The van der Waals surface area contributed by atoms with Gasteiger partial charge in [-0.25, -0.2) is 4.85 Å². The first kappa shape index (κ1) is 27.4. The number of aliphatic hydroxyl groups excluding tert-OH is 1. The van der Waals surface area contributed by atoms with Crippen molar-refractivity contribution in [3.05, 3.63) is 32.9 Å². The minimum atomic E-state index is -0.445. The second kappa shape index (κ2) is 8.17. The van der Waals surface area contributed by atoms with E-state index >= 15 is 0 Å². The van der Waals surface area contributed by atoms with Crippen LogP contribution in [0.4, 0.5) is 0 Å². The Kier molecular flexibility index (Phi) is 5.75. The van der Waals surface area contributed by atoms with Crippen molar-refractivity contribution in [2.24, 2.45) is 50.7 Å². The summed E-state index contributed by atoms with van der Waals surface area (Å²) < 4.78 is 0. The molecule has 0 radical (unpaired) electrons. The fourth-order valence-electron chi connectivity index (χ4n) is 11.5. The Morgan fingerprint density at radius 1 is 0.949 bits per heavy atom. The maximum Gasteiger partial charge on any atom is 0.203 e. The average molecular weight is 550 g/mol. The second-order valence-electron chi connectivity index (χ2n) is 16.2. The van der Waals surface area contributed by atoms with Crippen molar-refractivity contribution in [1.82, 2.24) is 10.2 Å². The monoisotopic (exact) mass is 549 g/mol. The molecule has 0 spiro atoms. The number of fused-ring (bicyclic) bond motifs is 7. The van der Waals surface area contributed by atoms with Gasteiger partial charge in [-0.1, -0.05) is 48.5 Å². The zero-order valence-electron chi connectivity index (χ0n) is 25.3. The molecule has 6 rings (SSSR count). The first-order valence-electron chi connectivity index (χ1n) is 15.2. The van der Waals surface area contributed by atoms with E-state index in [0.29, 0.717) is 30.2 Å². The highest BCUT2D eigenvalue weighted by molar-refractivity contribution is 7.11. The molecule has 212 valence electrons. The maximum atomic E-state index is 14.7. The molecule has 39 heavy (non-hydrogen) atoms. The molecule has 1 aromatic rings. The number of aryl methyl sites for hydroxylation is 1. The number of Topliss-reactive ketones (excluding diaryl/α,β-unsaturated/α-hetero) is 1. The molecule has 4 saturated carbocycles. The van der Waals surface area contributed by atoms with Crippen LogP contribution >= 0.6 is 11.3 Å². The summed E-state index contributed by atoms with van der Waals surface area (Å²) >= 11 is 1.76. The summed E-state index contributed by atoms with van der Waals surface area (Å²) in [6.45, 7) is 26.3. The van der Waals surface area contributed by atoms with Crippen molar-refractivity contribution in [2.45, 2.75) is 119 Å². The molecule has 1 aromatic heterocycles. The summed E-state index contributed by atoms with van der Waals surface area (Å²) in [5, 5.41) is 22.5. The van der Waals surface area contributed by atoms with Crippen molar-refractivity contribution in [3.63, 3.8) is 0 Å². The summed E-state index contributed by atoms with van der Waals surface area (Å²) in [5.74, 6) is 1.56. The van der Waals surface area contributed by atoms with E-state index in [9.17, 15) is 9.90 Å². The van der Waals surface area contributed by atoms with E-state index < -0.39 is 5.41 Å². The Balaban J connectivity index is 1.47. The van der Waals surface area contributed by atoms with Crippen molar-refractivity contribution in [1.29, 1.82) is 0 Å². The molecule has 0 bridgehead atoms. The number of aromatic nitrogens is 2. The third-order valence-corrected chi connectivity index (χ3v) is 14.7. The second-order valence-corrected chi connectivity index (χ2v) is 17.4. The predicted molar refractivity (Wildman–Crippen MR) is 155 cm³/mol. The fourth-order valence-corrected chi connectivity index (χ4v) is 12.5. The first-order valence-corrected chi connectivity index (χ1v) is 16.0. The number of hydrogen-bond donors (Lipinski definition) is 1. The molecule has 1 heterocycles. The minimum Gasteiger partial charge on any atom is -0.523 e. The first-order chi connectivity index (χ1) is 18.1. The molecule has 0 amide bonds. The summed E-state index contributed by atoms with van der Waals surface area (Å²) in [4.78, 5) is 18.6. The quantitative estimate of drug-likeness (QED) is 0.357. The molecule has 5 nitrogen and oxygen atoms in total. The Morgan fingerprint density at radius 2 is 1.64 bits per heavy atom. The zero-order chi connectivity index (χ0) is 28.4. The van der Waals surface area contributed by atoms with Crippen molar-refractivity contribution >= 4 is 17.1 Å². The largest absolute Gasteiger partial charge is 0.523 e. The number of rotatable bonds is 1. The van der Waals surface area contributed by atoms with Gasteiger partial charge in [-0.2, -0.15) is 0 Å². The normalized spacial score (nSPS) is 46.4. The van der Waals surface area contributed by atoms with Gasteiger partial charge in [0, 0.05) is 23.2 Å². The van der Waals surface area contributed by atoms with Crippen LogP contribution in [0.3, 0.4) is 0 Å². The summed E-state index contributed by atoms with van der Waals surface area (Å²) in [5.41, 5.74) is -0.00155. The number of carbonyl (C=O) groups excluding carboxylic acids is 1. The van der Waals surface area contributed by atoms with E-state index in [4.69, 9.17) is 11.7 Å². The molecule has 4 fully saturated rings. The number of carbonyl (C=O) groups is 1. The summed E-state index contributed by atoms with van der Waals surface area (Å²) in [6.07, 6.45) is 8.81. The number of ketones is 1. The van der Waals surface area contributed by atoms with Crippen molar-refractivity contribution in [3.8, 4) is 0 Å². The van der Waals surface area contributed by atoms with Crippen LogP contribution in [0.5, 0.6) is 0 Å². The van der Waals surface area contributed by atoms with Crippen molar-refractivity contribution in [2.75, 3.05) is 0 Å². The molecule has 0 aromatic carbocycles. The van der Waals surface area contributed by atoms with Gasteiger partial charge in [-0.05, 0) is 97.7 Å². The van der Waals surface area contributed by atoms with Gasteiger partial charge in [0.25, 0.3) is 0 Å². The van der Waals surface area contributed by atoms with Crippen molar-refractivity contribution < 1.29 is 9.90 Å². The maximum absolute atomic E-state index is 14.7. The van der Waals surface area contributed by atoms with E-state index in [1.807, 2.05) is 0 Å². The molecule has 8 atom stereocenters. The van der Waals surface area contributed by atoms with Crippen LogP contribution in [0.25, 0.3) is 4.85 Å². The average Bonchev–Trinajstić information content (AvgIpc) is 3.29. The fraction of sp³-hybridized carbons (Fsp3) is 0.818. The van der Waals surface area contributed by atoms with Gasteiger partial charge in [0.05, 0.1) is 6.57 Å². The summed E-state index contributed by atoms with van der Waals surface area (Å²) in [6, 6.07) is 0. The molecule has 0 unspecified atom stereocenters. The standard InChI is InChI=1S/C33H47N3O2S/c1-19-35-36-27(39-19)33-14-12-28(2,3)17-20(33)25-22(37)16-24-30(6)18-21(34-9)26(38)29(4,5)23(30)10-11-31(24,7)32(25,8)13-15-33/h20,23-25,38H,10-18H2,1-8H3/t20-,23-,24+,25-,30-,31+,32+,33-/m0/s1. The third kappa shape index (κ3) is 3.38. The molecular formula is C33H47N3O2S. The number of nitrogens with zero attached hydrogens (tertiary/aromatic N) is 3. The highest BCUT2D eigenvalue weighted by Crippen LogP contribution is 2.76. The van der Waals surface area contributed by atoms with Crippen LogP contribution in [0, 0.1) is 64.2 Å². The highest BCUT2D eigenvalue weighted by atomic mass is 32.1. The van der Waals surface area contributed by atoms with E-state index in [2.05, 4.69) is 65.3 Å². The lowest BCUT2D eigenvalue weighted by Crippen LogP contribution is -2.69. The molecule has 6 heteroatoms. The Hall–Kier alpha value is -1.74. The lowest BCUT2D eigenvalue weighted by Gasteiger charge is -2.72. The van der Waals surface area contributed by atoms with Crippen LogP contribution in [0.2, 0.25) is 0 Å².